The van der Waals surface area contributed by atoms with Crippen molar-refractivity contribution in [3.63, 3.8) is 0 Å². The number of halogens is 1. The van der Waals surface area contributed by atoms with E-state index in [1.165, 1.54) is 5.57 Å². The Bertz CT molecular complexity index is 710. The van der Waals surface area contributed by atoms with Crippen molar-refractivity contribution in [3.05, 3.63) is 52.1 Å². The van der Waals surface area contributed by atoms with Crippen LogP contribution in [0.5, 0.6) is 0 Å². The van der Waals surface area contributed by atoms with Gasteiger partial charge in [0.1, 0.15) is 6.10 Å². The number of aliphatic imine (C=N–C) groups is 1. The zero-order chi connectivity index (χ0) is 18.3. The first-order valence-electron chi connectivity index (χ1n) is 8.37. The van der Waals surface area contributed by atoms with Gasteiger partial charge in [0.05, 0.1) is 11.4 Å². The molecule has 0 spiro atoms. The fourth-order valence-corrected chi connectivity index (χ4v) is 3.16. The summed E-state index contributed by atoms with van der Waals surface area (Å²) in [4.78, 5) is 4.76. The van der Waals surface area contributed by atoms with Gasteiger partial charge in [0.15, 0.2) is 0 Å². The number of allylic oxidation sites excluding steroid dienone is 2. The SMILES string of the molecule is CC1=C(C(C)(C)C)C=C(C(C)(C)C)C(O)C1=Nc1ccc(Cl)cc1. The van der Waals surface area contributed by atoms with Gasteiger partial charge in [0, 0.05) is 5.02 Å². The Morgan fingerprint density at radius 3 is 1.96 bits per heavy atom. The third kappa shape index (κ3) is 3.99. The van der Waals surface area contributed by atoms with Crippen molar-refractivity contribution in [1.29, 1.82) is 0 Å². The van der Waals surface area contributed by atoms with E-state index in [9.17, 15) is 5.11 Å². The Balaban J connectivity index is 2.64. The molecule has 1 aliphatic rings. The molecule has 2 rings (SSSR count). The molecule has 0 saturated carbocycles. The first-order chi connectivity index (χ1) is 10.9. The fraction of sp³-hybridized carbons (Fsp3) is 0.476. The van der Waals surface area contributed by atoms with Crippen LogP contribution in [-0.4, -0.2) is 16.9 Å². The van der Waals surface area contributed by atoms with E-state index in [4.69, 9.17) is 16.6 Å². The molecule has 0 saturated heterocycles. The van der Waals surface area contributed by atoms with Gasteiger partial charge in [-0.3, -0.25) is 4.99 Å². The van der Waals surface area contributed by atoms with Crippen LogP contribution in [0.1, 0.15) is 48.5 Å². The lowest BCUT2D eigenvalue weighted by Crippen LogP contribution is -2.35. The highest BCUT2D eigenvalue weighted by atomic mass is 35.5. The number of hydrogen-bond donors (Lipinski definition) is 1. The molecule has 130 valence electrons. The van der Waals surface area contributed by atoms with Crippen LogP contribution in [0.2, 0.25) is 5.02 Å². The molecule has 0 aliphatic heterocycles. The van der Waals surface area contributed by atoms with Crippen LogP contribution in [-0.2, 0) is 0 Å². The molecule has 0 heterocycles. The van der Waals surface area contributed by atoms with Crippen LogP contribution in [0.25, 0.3) is 0 Å². The standard InChI is InChI=1S/C21H28ClNO/c1-13-16(20(2,3)4)12-17(21(5,6)7)19(24)18(13)23-15-10-8-14(22)9-11-15/h8-12,19,24H,1-7H3. The van der Waals surface area contributed by atoms with E-state index in [1.807, 2.05) is 24.3 Å². The van der Waals surface area contributed by atoms with Gasteiger partial charge in [-0.1, -0.05) is 59.2 Å². The molecule has 0 aromatic heterocycles. The van der Waals surface area contributed by atoms with Crippen molar-refractivity contribution in [2.75, 3.05) is 0 Å². The highest BCUT2D eigenvalue weighted by Gasteiger charge is 2.35. The van der Waals surface area contributed by atoms with Crippen LogP contribution in [0.3, 0.4) is 0 Å². The molecule has 0 amide bonds. The van der Waals surface area contributed by atoms with Gasteiger partial charge in [0.25, 0.3) is 0 Å². The fourth-order valence-electron chi connectivity index (χ4n) is 3.04. The van der Waals surface area contributed by atoms with Crippen LogP contribution >= 0.6 is 11.6 Å². The smallest absolute Gasteiger partial charge is 0.118 e. The maximum absolute atomic E-state index is 11.0. The van der Waals surface area contributed by atoms with Crippen molar-refractivity contribution < 1.29 is 5.11 Å². The molecular weight excluding hydrogens is 318 g/mol. The van der Waals surface area contributed by atoms with Crippen molar-refractivity contribution >= 4 is 23.0 Å². The maximum Gasteiger partial charge on any atom is 0.118 e. The Labute approximate surface area is 151 Å². The van der Waals surface area contributed by atoms with Gasteiger partial charge >= 0.3 is 0 Å². The molecule has 1 N–H and O–H groups in total. The summed E-state index contributed by atoms with van der Waals surface area (Å²) in [6.45, 7) is 15.0. The number of aliphatic hydroxyl groups is 1. The van der Waals surface area contributed by atoms with E-state index in [0.717, 1.165) is 22.5 Å². The molecular formula is C21H28ClNO. The molecule has 2 nitrogen and oxygen atoms in total. The Morgan fingerprint density at radius 2 is 1.50 bits per heavy atom. The average molecular weight is 346 g/mol. The second kappa shape index (κ2) is 6.50. The van der Waals surface area contributed by atoms with E-state index < -0.39 is 6.10 Å². The summed E-state index contributed by atoms with van der Waals surface area (Å²) in [5.74, 6) is 0. The predicted octanol–water partition coefficient (Wildman–Crippen LogP) is 6.12. The largest absolute Gasteiger partial charge is 0.382 e. The summed E-state index contributed by atoms with van der Waals surface area (Å²) in [6.07, 6.45) is 1.48. The lowest BCUT2D eigenvalue weighted by atomic mass is 9.71. The van der Waals surface area contributed by atoms with Gasteiger partial charge < -0.3 is 5.11 Å². The second-order valence-electron chi connectivity index (χ2n) is 8.51. The summed E-state index contributed by atoms with van der Waals surface area (Å²) < 4.78 is 0. The van der Waals surface area contributed by atoms with Gasteiger partial charge in [-0.25, -0.2) is 0 Å². The van der Waals surface area contributed by atoms with Gasteiger partial charge in [-0.05, 0) is 58.7 Å². The Morgan fingerprint density at radius 1 is 0.958 bits per heavy atom. The minimum Gasteiger partial charge on any atom is -0.382 e. The summed E-state index contributed by atoms with van der Waals surface area (Å²) in [7, 11) is 0. The Hall–Kier alpha value is -1.38. The number of rotatable bonds is 1. The number of hydrogen-bond acceptors (Lipinski definition) is 2. The van der Waals surface area contributed by atoms with Crippen molar-refractivity contribution in [1.82, 2.24) is 0 Å². The molecule has 1 aliphatic carbocycles. The molecule has 0 fully saturated rings. The predicted molar refractivity (Wildman–Crippen MR) is 104 cm³/mol. The first-order valence-corrected chi connectivity index (χ1v) is 8.75. The molecule has 24 heavy (non-hydrogen) atoms. The molecule has 1 unspecified atom stereocenters. The summed E-state index contributed by atoms with van der Waals surface area (Å²) >= 11 is 5.96. The van der Waals surface area contributed by atoms with E-state index >= 15 is 0 Å². The molecule has 1 atom stereocenters. The molecule has 1 aromatic carbocycles. The van der Waals surface area contributed by atoms with Gasteiger partial charge in [0.2, 0.25) is 0 Å². The third-order valence-corrected chi connectivity index (χ3v) is 4.64. The average Bonchev–Trinajstić information content (AvgIpc) is 2.42. The second-order valence-corrected chi connectivity index (χ2v) is 8.95. The molecule has 1 aromatic rings. The van der Waals surface area contributed by atoms with Crippen LogP contribution in [0.15, 0.2) is 52.1 Å². The molecule has 3 heteroatoms. The minimum absolute atomic E-state index is 0.0124. The summed E-state index contributed by atoms with van der Waals surface area (Å²) in [5, 5.41) is 11.7. The lowest BCUT2D eigenvalue weighted by molar-refractivity contribution is 0.243. The van der Waals surface area contributed by atoms with Crippen molar-refractivity contribution in [2.45, 2.75) is 54.6 Å². The zero-order valence-corrected chi connectivity index (χ0v) is 16.5. The highest BCUT2D eigenvalue weighted by molar-refractivity contribution is 6.30. The molecule has 0 radical (unpaired) electrons. The first kappa shape index (κ1) is 19.0. The van der Waals surface area contributed by atoms with E-state index in [2.05, 4.69) is 54.5 Å². The van der Waals surface area contributed by atoms with E-state index in [-0.39, 0.29) is 10.8 Å². The third-order valence-electron chi connectivity index (χ3n) is 4.39. The van der Waals surface area contributed by atoms with E-state index in [0.29, 0.717) is 5.02 Å². The number of benzene rings is 1. The summed E-state index contributed by atoms with van der Waals surface area (Å²) in [6, 6.07) is 7.39. The van der Waals surface area contributed by atoms with Crippen molar-refractivity contribution in [2.24, 2.45) is 15.8 Å². The Kier molecular flexibility index (Phi) is 5.13. The quantitative estimate of drug-likeness (QED) is 0.653. The number of aliphatic hydroxyl groups excluding tert-OH is 1. The zero-order valence-electron chi connectivity index (χ0n) is 15.7. The monoisotopic (exact) mass is 345 g/mol. The van der Waals surface area contributed by atoms with Crippen LogP contribution < -0.4 is 0 Å². The van der Waals surface area contributed by atoms with Crippen LogP contribution in [0.4, 0.5) is 5.69 Å². The highest BCUT2D eigenvalue weighted by Crippen LogP contribution is 2.41. The topological polar surface area (TPSA) is 32.6 Å². The summed E-state index contributed by atoms with van der Waals surface area (Å²) in [5.41, 5.74) is 4.68. The molecule has 0 bridgehead atoms. The normalized spacial score (nSPS) is 21.3. The lowest BCUT2D eigenvalue weighted by Gasteiger charge is -2.36. The van der Waals surface area contributed by atoms with Crippen molar-refractivity contribution in [3.8, 4) is 0 Å². The minimum atomic E-state index is -0.688. The number of nitrogens with zero attached hydrogens (tertiary/aromatic N) is 1. The maximum atomic E-state index is 11.0. The van der Waals surface area contributed by atoms with Gasteiger partial charge in [-0.2, -0.15) is 0 Å². The van der Waals surface area contributed by atoms with E-state index in [1.54, 1.807) is 0 Å². The van der Waals surface area contributed by atoms with Crippen LogP contribution in [0, 0.1) is 10.8 Å². The van der Waals surface area contributed by atoms with Gasteiger partial charge in [-0.15, -0.1) is 0 Å².